The van der Waals surface area contributed by atoms with Gasteiger partial charge in [-0.1, -0.05) is 65.7 Å². The molecule has 1 amide bonds. The molecular weight excluding hydrogens is 530 g/mol. The molecule has 1 saturated heterocycles. The lowest BCUT2D eigenvalue weighted by atomic mass is 10.1. The fraction of sp³-hybridized carbons (Fsp3) is 0.103. The van der Waals surface area contributed by atoms with Crippen molar-refractivity contribution < 1.29 is 13.9 Å². The fourth-order valence-electron chi connectivity index (χ4n) is 4.02. The van der Waals surface area contributed by atoms with Crippen molar-refractivity contribution in [2.75, 3.05) is 6.54 Å². The summed E-state index contributed by atoms with van der Waals surface area (Å²) in [5.74, 6) is -0.125. The van der Waals surface area contributed by atoms with Gasteiger partial charge in [-0.15, -0.1) is 0 Å². The van der Waals surface area contributed by atoms with Gasteiger partial charge in [0.15, 0.2) is 10.9 Å². The number of amides is 1. The van der Waals surface area contributed by atoms with E-state index in [-0.39, 0.29) is 11.7 Å². The van der Waals surface area contributed by atoms with Gasteiger partial charge in [-0.3, -0.25) is 9.69 Å². The van der Waals surface area contributed by atoms with Gasteiger partial charge in [0.1, 0.15) is 12.4 Å². The van der Waals surface area contributed by atoms with E-state index in [4.69, 9.17) is 27.9 Å². The van der Waals surface area contributed by atoms with Gasteiger partial charge >= 0.3 is 0 Å². The number of rotatable bonds is 6. The summed E-state index contributed by atoms with van der Waals surface area (Å²) < 4.78 is 19.3. The highest BCUT2D eigenvalue weighted by Gasteiger charge is 2.32. The number of ether oxygens (including phenoxy) is 1. The van der Waals surface area contributed by atoms with Crippen LogP contribution in [0.3, 0.4) is 0 Å². The van der Waals surface area contributed by atoms with E-state index in [1.54, 1.807) is 35.2 Å². The molecule has 4 aromatic carbocycles. The van der Waals surface area contributed by atoms with Crippen LogP contribution in [-0.2, 0) is 11.4 Å². The normalized spacial score (nSPS) is 15.8. The minimum absolute atomic E-state index is 0.170. The first-order chi connectivity index (χ1) is 17.9. The number of halogens is 3. The number of carbonyl (C=O) groups excluding carboxylic acids is 1. The Labute approximate surface area is 228 Å². The SMILES string of the molecule is CCN1C(=O)/C(=C\c2cc(Cl)c(OCc3cccc4ccccc34)c(Cl)c2)SC1=Nc1ccc(F)cc1. The van der Waals surface area contributed by atoms with Crippen molar-refractivity contribution in [3.8, 4) is 5.75 Å². The number of carbonyl (C=O) groups is 1. The summed E-state index contributed by atoms with van der Waals surface area (Å²) in [5, 5.41) is 3.46. The molecule has 37 heavy (non-hydrogen) atoms. The zero-order valence-electron chi connectivity index (χ0n) is 19.8. The third-order valence-electron chi connectivity index (χ3n) is 5.83. The van der Waals surface area contributed by atoms with E-state index in [0.29, 0.717) is 50.3 Å². The Morgan fingerprint density at radius 2 is 1.70 bits per heavy atom. The molecule has 0 aromatic heterocycles. The molecule has 0 N–H and O–H groups in total. The zero-order valence-corrected chi connectivity index (χ0v) is 22.1. The highest BCUT2D eigenvalue weighted by atomic mass is 35.5. The molecule has 0 atom stereocenters. The van der Waals surface area contributed by atoms with Gasteiger partial charge in [-0.25, -0.2) is 9.38 Å². The van der Waals surface area contributed by atoms with Crippen molar-refractivity contribution in [1.82, 2.24) is 4.90 Å². The molecule has 0 saturated carbocycles. The Morgan fingerprint density at radius 3 is 2.43 bits per heavy atom. The second-order valence-corrected chi connectivity index (χ2v) is 10.1. The van der Waals surface area contributed by atoms with Crippen LogP contribution >= 0.6 is 35.0 Å². The molecule has 8 heteroatoms. The third kappa shape index (κ3) is 5.52. The molecule has 1 aliphatic heterocycles. The van der Waals surface area contributed by atoms with Crippen LogP contribution in [0.4, 0.5) is 10.1 Å². The van der Waals surface area contributed by atoms with Gasteiger partial charge in [0.2, 0.25) is 0 Å². The highest BCUT2D eigenvalue weighted by molar-refractivity contribution is 8.18. The number of likely N-dealkylation sites (N-methyl/N-ethyl adjacent to an activating group) is 1. The number of hydrogen-bond acceptors (Lipinski definition) is 4. The van der Waals surface area contributed by atoms with Crippen LogP contribution in [0.25, 0.3) is 16.8 Å². The summed E-state index contributed by atoms with van der Waals surface area (Å²) in [4.78, 5) is 19.6. The van der Waals surface area contributed by atoms with Crippen molar-refractivity contribution in [2.24, 2.45) is 4.99 Å². The molecular formula is C29H21Cl2FN2O2S. The van der Waals surface area contributed by atoms with Crippen LogP contribution in [0.2, 0.25) is 10.0 Å². The van der Waals surface area contributed by atoms with Crippen LogP contribution in [0.1, 0.15) is 18.1 Å². The Bertz CT molecular complexity index is 1530. The largest absolute Gasteiger partial charge is 0.486 e. The summed E-state index contributed by atoms with van der Waals surface area (Å²) in [6.45, 7) is 2.63. The molecule has 1 fully saturated rings. The Kier molecular flexibility index (Phi) is 7.51. The first-order valence-corrected chi connectivity index (χ1v) is 13.1. The van der Waals surface area contributed by atoms with Crippen LogP contribution in [0.5, 0.6) is 5.75 Å². The van der Waals surface area contributed by atoms with Crippen molar-refractivity contribution in [3.63, 3.8) is 0 Å². The van der Waals surface area contributed by atoms with E-state index in [9.17, 15) is 9.18 Å². The summed E-state index contributed by atoms with van der Waals surface area (Å²) in [6.07, 6.45) is 1.73. The topological polar surface area (TPSA) is 41.9 Å². The first-order valence-electron chi connectivity index (χ1n) is 11.6. The fourth-order valence-corrected chi connectivity index (χ4v) is 5.69. The van der Waals surface area contributed by atoms with Crippen molar-refractivity contribution in [3.05, 3.63) is 111 Å². The highest BCUT2D eigenvalue weighted by Crippen LogP contribution is 2.38. The lowest BCUT2D eigenvalue weighted by Crippen LogP contribution is -2.28. The zero-order chi connectivity index (χ0) is 25.9. The number of benzene rings is 4. The maximum atomic E-state index is 13.2. The van der Waals surface area contributed by atoms with Gasteiger partial charge in [-0.05, 0) is 83.1 Å². The predicted octanol–water partition coefficient (Wildman–Crippen LogP) is 8.49. The number of aliphatic imine (C=N–C) groups is 1. The molecule has 0 aliphatic carbocycles. The van der Waals surface area contributed by atoms with Gasteiger partial charge < -0.3 is 4.74 Å². The number of fused-ring (bicyclic) bond motifs is 1. The summed E-state index contributed by atoms with van der Waals surface area (Å²) in [6, 6.07) is 23.4. The number of amidine groups is 1. The molecule has 0 unspecified atom stereocenters. The van der Waals surface area contributed by atoms with Crippen LogP contribution in [0, 0.1) is 5.82 Å². The first kappa shape index (κ1) is 25.3. The molecule has 0 bridgehead atoms. The summed E-state index contributed by atoms with van der Waals surface area (Å²) >= 11 is 14.3. The predicted molar refractivity (Wildman–Crippen MR) is 151 cm³/mol. The third-order valence-corrected chi connectivity index (χ3v) is 7.39. The molecule has 5 rings (SSSR count). The maximum Gasteiger partial charge on any atom is 0.266 e. The Morgan fingerprint density at radius 1 is 1.00 bits per heavy atom. The van der Waals surface area contributed by atoms with Gasteiger partial charge in [0.25, 0.3) is 5.91 Å². The minimum atomic E-state index is -0.342. The monoisotopic (exact) mass is 550 g/mol. The molecule has 186 valence electrons. The van der Waals surface area contributed by atoms with Crippen LogP contribution in [0.15, 0.2) is 88.8 Å². The van der Waals surface area contributed by atoms with E-state index in [0.717, 1.165) is 16.3 Å². The second kappa shape index (κ2) is 11.0. The van der Waals surface area contributed by atoms with Crippen LogP contribution < -0.4 is 4.74 Å². The van der Waals surface area contributed by atoms with E-state index >= 15 is 0 Å². The van der Waals surface area contributed by atoms with Crippen molar-refractivity contribution >= 4 is 68.6 Å². The van der Waals surface area contributed by atoms with Gasteiger partial charge in [-0.2, -0.15) is 0 Å². The lowest BCUT2D eigenvalue weighted by molar-refractivity contribution is -0.122. The molecule has 1 heterocycles. The summed E-state index contributed by atoms with van der Waals surface area (Å²) in [7, 11) is 0. The van der Waals surface area contributed by atoms with E-state index in [1.807, 2.05) is 31.2 Å². The quantitative estimate of drug-likeness (QED) is 0.226. The number of thioether (sulfide) groups is 1. The molecule has 4 aromatic rings. The molecule has 0 radical (unpaired) electrons. The standard InChI is InChI=1S/C29H21Cl2FN2O2S/c1-2-34-28(35)26(37-29(34)33-22-12-10-21(32)11-13-22)16-18-14-24(30)27(25(31)15-18)36-17-20-8-5-7-19-6-3-4-9-23(19)20/h3-16H,2,17H2,1H3/b26-16+,33-29?. The number of hydrogen-bond donors (Lipinski definition) is 0. The number of nitrogens with zero attached hydrogens (tertiary/aromatic N) is 2. The summed E-state index contributed by atoms with van der Waals surface area (Å²) in [5.41, 5.74) is 2.26. The van der Waals surface area contributed by atoms with Crippen molar-refractivity contribution in [2.45, 2.75) is 13.5 Å². The molecule has 4 nitrogen and oxygen atoms in total. The van der Waals surface area contributed by atoms with Gasteiger partial charge in [0.05, 0.1) is 20.6 Å². The van der Waals surface area contributed by atoms with Gasteiger partial charge in [0, 0.05) is 6.54 Å². The van der Waals surface area contributed by atoms with Crippen LogP contribution in [-0.4, -0.2) is 22.5 Å². The lowest BCUT2D eigenvalue weighted by Gasteiger charge is -2.13. The van der Waals surface area contributed by atoms with E-state index in [1.165, 1.54) is 23.9 Å². The van der Waals surface area contributed by atoms with E-state index < -0.39 is 0 Å². The molecule has 1 aliphatic rings. The minimum Gasteiger partial charge on any atom is -0.486 e. The smallest absolute Gasteiger partial charge is 0.266 e. The average molecular weight is 551 g/mol. The Balaban J connectivity index is 1.37. The Hall–Kier alpha value is -3.32. The maximum absolute atomic E-state index is 13.2. The van der Waals surface area contributed by atoms with E-state index in [2.05, 4.69) is 23.2 Å². The second-order valence-electron chi connectivity index (χ2n) is 8.27. The molecule has 0 spiro atoms. The average Bonchev–Trinajstić information content (AvgIpc) is 3.18. The van der Waals surface area contributed by atoms with Crippen molar-refractivity contribution in [1.29, 1.82) is 0 Å².